The summed E-state index contributed by atoms with van der Waals surface area (Å²) in [5.74, 6) is -0.641. The Kier molecular flexibility index (Phi) is 9.21. The maximum absolute atomic E-state index is 12.2. The summed E-state index contributed by atoms with van der Waals surface area (Å²) in [6.07, 6.45) is -0.0220. The van der Waals surface area contributed by atoms with Crippen LogP contribution in [-0.4, -0.2) is 24.1 Å². The first-order valence-electron chi connectivity index (χ1n) is 9.21. The monoisotopic (exact) mass is 361 g/mol. The molecule has 0 aliphatic rings. The van der Waals surface area contributed by atoms with E-state index in [1.807, 2.05) is 24.3 Å². The molecule has 0 saturated carbocycles. The van der Waals surface area contributed by atoms with Gasteiger partial charge in [0, 0.05) is 30.6 Å². The van der Waals surface area contributed by atoms with Crippen LogP contribution in [0.1, 0.15) is 53.0 Å². The molecule has 0 bridgehead atoms. The minimum absolute atomic E-state index is 0.0748. The molecule has 0 aliphatic heterocycles. The molecule has 1 amide bonds. The highest BCUT2D eigenvalue weighted by Crippen LogP contribution is 2.14. The quantitative estimate of drug-likeness (QED) is 0.605. The zero-order chi connectivity index (χ0) is 19.7. The average molecular weight is 361 g/mol. The van der Waals surface area contributed by atoms with Gasteiger partial charge in [-0.05, 0) is 23.6 Å². The zero-order valence-corrected chi connectivity index (χ0v) is 16.5. The first-order valence-corrected chi connectivity index (χ1v) is 9.21. The summed E-state index contributed by atoms with van der Waals surface area (Å²) in [7, 11) is 0. The van der Waals surface area contributed by atoms with Crippen LogP contribution in [0.15, 0.2) is 24.3 Å². The molecule has 1 atom stereocenters. The summed E-state index contributed by atoms with van der Waals surface area (Å²) in [5.41, 5.74) is 1.72. The molecule has 0 unspecified atom stereocenters. The Morgan fingerprint density at radius 2 is 1.62 bits per heavy atom. The second kappa shape index (κ2) is 10.9. The van der Waals surface area contributed by atoms with Crippen molar-refractivity contribution in [3.8, 4) is 0 Å². The van der Waals surface area contributed by atoms with Crippen LogP contribution in [0.25, 0.3) is 0 Å². The fourth-order valence-corrected chi connectivity index (χ4v) is 2.27. The number of hydrogen-bond donors (Lipinski definition) is 1. The normalized spacial score (nSPS) is 12.3. The Balaban J connectivity index is 2.46. The second-order valence-electron chi connectivity index (χ2n) is 7.54. The maximum atomic E-state index is 12.2. The van der Waals surface area contributed by atoms with Crippen molar-refractivity contribution in [3.63, 3.8) is 0 Å². The van der Waals surface area contributed by atoms with Gasteiger partial charge in [-0.1, -0.05) is 46.8 Å². The summed E-state index contributed by atoms with van der Waals surface area (Å²) in [6.45, 7) is 10.7. The summed E-state index contributed by atoms with van der Waals surface area (Å²) < 4.78 is 5.58. The van der Waals surface area contributed by atoms with Gasteiger partial charge in [0.15, 0.2) is 0 Å². The number of carbonyl (C=O) groups is 3. The molecule has 0 fully saturated rings. The number of Topliss-reactive ketones (excluding diaryl/α,β-unsaturated/α-hetero) is 2. The largest absolute Gasteiger partial charge is 0.377 e. The molecule has 1 aromatic carbocycles. The third kappa shape index (κ3) is 8.39. The molecule has 5 heteroatoms. The Morgan fingerprint density at radius 3 is 2.15 bits per heavy atom. The van der Waals surface area contributed by atoms with Gasteiger partial charge >= 0.3 is 0 Å². The Hall–Kier alpha value is -2.01. The van der Waals surface area contributed by atoms with E-state index in [1.54, 1.807) is 20.8 Å². The van der Waals surface area contributed by atoms with E-state index in [2.05, 4.69) is 19.2 Å². The van der Waals surface area contributed by atoms with Gasteiger partial charge in [-0.3, -0.25) is 14.4 Å². The lowest BCUT2D eigenvalue weighted by atomic mass is 9.97. The summed E-state index contributed by atoms with van der Waals surface area (Å²) in [4.78, 5) is 35.7. The highest BCUT2D eigenvalue weighted by Gasteiger charge is 2.20. The molecule has 5 nitrogen and oxygen atoms in total. The molecule has 0 heterocycles. The zero-order valence-electron chi connectivity index (χ0n) is 16.5. The Labute approximate surface area is 156 Å². The van der Waals surface area contributed by atoms with Crippen LogP contribution in [0, 0.1) is 17.8 Å². The molecule has 26 heavy (non-hydrogen) atoms. The van der Waals surface area contributed by atoms with Crippen molar-refractivity contribution in [1.82, 2.24) is 0 Å². The van der Waals surface area contributed by atoms with E-state index in [9.17, 15) is 14.4 Å². The van der Waals surface area contributed by atoms with Crippen LogP contribution in [-0.2, 0) is 25.7 Å². The summed E-state index contributed by atoms with van der Waals surface area (Å²) in [5, 5.41) is 2.81. The van der Waals surface area contributed by atoms with Crippen LogP contribution >= 0.6 is 0 Å². The molecular formula is C21H31NO4. The smallest absolute Gasteiger partial charge is 0.227 e. The standard InChI is InChI=1S/C21H31NO4/c1-14(2)12-26-13-17-6-8-18(9-7-17)22-21(25)16(5)10-19(23)11-20(24)15(3)4/h6-9,14-16H,10-13H2,1-5H3,(H,22,25)/t16-/m0/s1. The fourth-order valence-electron chi connectivity index (χ4n) is 2.27. The number of ketones is 2. The number of ether oxygens (including phenoxy) is 1. The third-order valence-corrected chi connectivity index (χ3v) is 3.94. The number of hydrogen-bond acceptors (Lipinski definition) is 4. The number of nitrogens with one attached hydrogen (secondary N) is 1. The van der Waals surface area contributed by atoms with E-state index in [-0.39, 0.29) is 36.2 Å². The van der Waals surface area contributed by atoms with Crippen LogP contribution in [0.4, 0.5) is 5.69 Å². The SMILES string of the molecule is CC(C)COCc1ccc(NC(=O)[C@@H](C)CC(=O)CC(=O)C(C)C)cc1. The van der Waals surface area contributed by atoms with Gasteiger partial charge in [0.1, 0.15) is 11.6 Å². The van der Waals surface area contributed by atoms with E-state index in [0.717, 1.165) is 5.56 Å². The van der Waals surface area contributed by atoms with Crippen molar-refractivity contribution in [2.75, 3.05) is 11.9 Å². The number of carbonyl (C=O) groups excluding carboxylic acids is 3. The van der Waals surface area contributed by atoms with Gasteiger partial charge in [0.2, 0.25) is 5.91 Å². The van der Waals surface area contributed by atoms with E-state index in [4.69, 9.17) is 4.74 Å². The molecule has 0 saturated heterocycles. The van der Waals surface area contributed by atoms with Crippen molar-refractivity contribution in [3.05, 3.63) is 29.8 Å². The summed E-state index contributed by atoms with van der Waals surface area (Å²) >= 11 is 0. The number of amides is 1. The Bertz CT molecular complexity index is 605. The average Bonchev–Trinajstić information content (AvgIpc) is 2.55. The number of rotatable bonds is 11. The van der Waals surface area contributed by atoms with Crippen LogP contribution in [0.2, 0.25) is 0 Å². The second-order valence-corrected chi connectivity index (χ2v) is 7.54. The van der Waals surface area contributed by atoms with Gasteiger partial charge in [0.05, 0.1) is 13.0 Å². The lowest BCUT2D eigenvalue weighted by Crippen LogP contribution is -2.24. The lowest BCUT2D eigenvalue weighted by molar-refractivity contribution is -0.131. The molecule has 0 radical (unpaired) electrons. The fraction of sp³-hybridized carbons (Fsp3) is 0.571. The number of benzene rings is 1. The van der Waals surface area contributed by atoms with Crippen molar-refractivity contribution < 1.29 is 19.1 Å². The van der Waals surface area contributed by atoms with Crippen molar-refractivity contribution in [1.29, 1.82) is 0 Å². The van der Waals surface area contributed by atoms with Gasteiger partial charge in [-0.25, -0.2) is 0 Å². The van der Waals surface area contributed by atoms with Crippen LogP contribution < -0.4 is 5.32 Å². The molecule has 1 rings (SSSR count). The highest BCUT2D eigenvalue weighted by molar-refractivity contribution is 6.02. The molecule has 1 aromatic rings. The molecule has 0 aliphatic carbocycles. The Morgan fingerprint density at radius 1 is 1.00 bits per heavy atom. The van der Waals surface area contributed by atoms with E-state index < -0.39 is 5.92 Å². The van der Waals surface area contributed by atoms with Crippen molar-refractivity contribution in [2.24, 2.45) is 17.8 Å². The minimum atomic E-state index is -0.475. The van der Waals surface area contributed by atoms with Crippen molar-refractivity contribution >= 4 is 23.2 Å². The topological polar surface area (TPSA) is 72.5 Å². The van der Waals surface area contributed by atoms with E-state index in [0.29, 0.717) is 24.8 Å². The van der Waals surface area contributed by atoms with Gasteiger partial charge in [-0.15, -0.1) is 0 Å². The predicted octanol–water partition coefficient (Wildman–Crippen LogP) is 4.01. The highest BCUT2D eigenvalue weighted by atomic mass is 16.5. The van der Waals surface area contributed by atoms with Crippen LogP contribution in [0.3, 0.4) is 0 Å². The number of anilines is 1. The lowest BCUT2D eigenvalue weighted by Gasteiger charge is -2.12. The molecule has 0 aromatic heterocycles. The van der Waals surface area contributed by atoms with Crippen molar-refractivity contribution in [2.45, 2.75) is 54.1 Å². The van der Waals surface area contributed by atoms with Crippen LogP contribution in [0.5, 0.6) is 0 Å². The van der Waals surface area contributed by atoms with Gasteiger partial charge in [-0.2, -0.15) is 0 Å². The molecule has 144 valence electrons. The minimum Gasteiger partial charge on any atom is -0.377 e. The molecule has 1 N–H and O–H groups in total. The van der Waals surface area contributed by atoms with E-state index in [1.165, 1.54) is 0 Å². The predicted molar refractivity (Wildman–Crippen MR) is 103 cm³/mol. The summed E-state index contributed by atoms with van der Waals surface area (Å²) in [6, 6.07) is 7.46. The maximum Gasteiger partial charge on any atom is 0.227 e. The van der Waals surface area contributed by atoms with Gasteiger partial charge < -0.3 is 10.1 Å². The molecular weight excluding hydrogens is 330 g/mol. The van der Waals surface area contributed by atoms with E-state index >= 15 is 0 Å². The first kappa shape index (κ1) is 22.0. The third-order valence-electron chi connectivity index (χ3n) is 3.94. The first-order chi connectivity index (χ1) is 12.2. The molecule has 0 spiro atoms. The van der Waals surface area contributed by atoms with Gasteiger partial charge in [0.25, 0.3) is 0 Å².